The normalized spacial score (nSPS) is 15.5. The highest BCUT2D eigenvalue weighted by molar-refractivity contribution is 5.63. The molecule has 3 heteroatoms. The summed E-state index contributed by atoms with van der Waals surface area (Å²) < 4.78 is 5.44. The minimum atomic E-state index is 0.615. The third-order valence-corrected chi connectivity index (χ3v) is 1.93. The Kier molecular flexibility index (Phi) is 1.85. The lowest BCUT2D eigenvalue weighted by Gasteiger charge is -2.03. The maximum atomic E-state index is 5.66. The van der Waals surface area contributed by atoms with E-state index < -0.39 is 0 Å². The SMILES string of the molecule is CN1C=C(c2cccc(N)c2)OC1. The van der Waals surface area contributed by atoms with Crippen molar-refractivity contribution >= 4 is 11.4 Å². The molecule has 0 saturated heterocycles. The minimum Gasteiger partial charge on any atom is -0.471 e. The van der Waals surface area contributed by atoms with Crippen molar-refractivity contribution < 1.29 is 4.74 Å². The Labute approximate surface area is 77.4 Å². The minimum absolute atomic E-state index is 0.615. The summed E-state index contributed by atoms with van der Waals surface area (Å²) in [5, 5.41) is 0. The van der Waals surface area contributed by atoms with E-state index in [2.05, 4.69) is 0 Å². The Morgan fingerprint density at radius 1 is 1.46 bits per heavy atom. The van der Waals surface area contributed by atoms with Crippen molar-refractivity contribution in [2.24, 2.45) is 0 Å². The molecular formula is C10H12N2O. The van der Waals surface area contributed by atoms with Crippen molar-refractivity contribution in [2.75, 3.05) is 19.5 Å². The second kappa shape index (κ2) is 3.01. The van der Waals surface area contributed by atoms with Crippen molar-refractivity contribution in [3.05, 3.63) is 36.0 Å². The van der Waals surface area contributed by atoms with E-state index in [0.717, 1.165) is 17.0 Å². The fraction of sp³-hybridized carbons (Fsp3) is 0.200. The predicted molar refractivity (Wildman–Crippen MR) is 52.5 cm³/mol. The van der Waals surface area contributed by atoms with Gasteiger partial charge in [0.15, 0.2) is 6.73 Å². The van der Waals surface area contributed by atoms with Crippen molar-refractivity contribution in [1.29, 1.82) is 0 Å². The number of hydrogen-bond acceptors (Lipinski definition) is 3. The predicted octanol–water partition coefficient (Wildman–Crippen LogP) is 1.49. The van der Waals surface area contributed by atoms with Gasteiger partial charge in [0.05, 0.1) is 0 Å². The first-order valence-electron chi connectivity index (χ1n) is 4.16. The Morgan fingerprint density at radius 2 is 2.31 bits per heavy atom. The maximum absolute atomic E-state index is 5.66. The van der Waals surface area contributed by atoms with E-state index in [4.69, 9.17) is 10.5 Å². The van der Waals surface area contributed by atoms with Crippen LogP contribution in [-0.2, 0) is 4.74 Å². The van der Waals surface area contributed by atoms with E-state index in [1.165, 1.54) is 0 Å². The van der Waals surface area contributed by atoms with Crippen molar-refractivity contribution in [3.8, 4) is 0 Å². The van der Waals surface area contributed by atoms with E-state index >= 15 is 0 Å². The van der Waals surface area contributed by atoms with Crippen molar-refractivity contribution in [2.45, 2.75) is 0 Å². The van der Waals surface area contributed by atoms with E-state index in [9.17, 15) is 0 Å². The summed E-state index contributed by atoms with van der Waals surface area (Å²) in [5.74, 6) is 0.884. The van der Waals surface area contributed by atoms with E-state index in [1.807, 2.05) is 42.4 Å². The molecule has 2 rings (SSSR count). The van der Waals surface area contributed by atoms with Gasteiger partial charge in [-0.25, -0.2) is 0 Å². The standard InChI is InChI=1S/C10H12N2O/c1-12-6-10(13-7-12)8-3-2-4-9(11)5-8/h2-6H,7,11H2,1H3. The molecule has 1 aromatic rings. The fourth-order valence-electron chi connectivity index (χ4n) is 1.30. The first-order chi connectivity index (χ1) is 6.25. The van der Waals surface area contributed by atoms with Crippen LogP contribution >= 0.6 is 0 Å². The van der Waals surface area contributed by atoms with Gasteiger partial charge in [0, 0.05) is 24.5 Å². The smallest absolute Gasteiger partial charge is 0.161 e. The molecular weight excluding hydrogens is 164 g/mol. The molecule has 0 bridgehead atoms. The Hall–Kier alpha value is -1.64. The zero-order chi connectivity index (χ0) is 9.26. The van der Waals surface area contributed by atoms with Gasteiger partial charge >= 0.3 is 0 Å². The van der Waals surface area contributed by atoms with Crippen LogP contribution in [0.5, 0.6) is 0 Å². The average molecular weight is 176 g/mol. The summed E-state index contributed by atoms with van der Waals surface area (Å²) in [6, 6.07) is 7.68. The molecule has 0 radical (unpaired) electrons. The second-order valence-corrected chi connectivity index (χ2v) is 3.15. The number of nitrogen functional groups attached to an aromatic ring is 1. The Morgan fingerprint density at radius 3 is 2.92 bits per heavy atom. The summed E-state index contributed by atoms with van der Waals surface area (Å²) in [6.45, 7) is 0.615. The molecule has 0 aromatic heterocycles. The number of benzene rings is 1. The van der Waals surface area contributed by atoms with Crippen LogP contribution in [0.25, 0.3) is 5.76 Å². The lowest BCUT2D eigenvalue weighted by Crippen LogP contribution is -2.06. The van der Waals surface area contributed by atoms with Crippen LogP contribution in [0, 0.1) is 0 Å². The third-order valence-electron chi connectivity index (χ3n) is 1.93. The second-order valence-electron chi connectivity index (χ2n) is 3.15. The van der Waals surface area contributed by atoms with Crippen LogP contribution in [0.4, 0.5) is 5.69 Å². The number of ether oxygens (including phenoxy) is 1. The highest BCUT2D eigenvalue weighted by atomic mass is 16.5. The molecule has 3 nitrogen and oxygen atoms in total. The zero-order valence-electron chi connectivity index (χ0n) is 7.53. The summed E-state index contributed by atoms with van der Waals surface area (Å²) in [7, 11) is 1.97. The number of anilines is 1. The van der Waals surface area contributed by atoms with Crippen LogP contribution in [-0.4, -0.2) is 18.7 Å². The third kappa shape index (κ3) is 1.59. The molecule has 0 unspecified atom stereocenters. The number of rotatable bonds is 1. The van der Waals surface area contributed by atoms with Gasteiger partial charge in [0.25, 0.3) is 0 Å². The molecule has 1 heterocycles. The van der Waals surface area contributed by atoms with Crippen LogP contribution in [0.2, 0.25) is 0 Å². The summed E-state index contributed by atoms with van der Waals surface area (Å²) in [4.78, 5) is 1.98. The summed E-state index contributed by atoms with van der Waals surface area (Å²) in [6.07, 6.45) is 1.97. The van der Waals surface area contributed by atoms with Crippen LogP contribution in [0.15, 0.2) is 30.5 Å². The molecule has 0 amide bonds. The highest BCUT2D eigenvalue weighted by Crippen LogP contribution is 2.22. The molecule has 1 aromatic carbocycles. The van der Waals surface area contributed by atoms with Gasteiger partial charge in [-0.15, -0.1) is 0 Å². The molecule has 0 fully saturated rings. The molecule has 13 heavy (non-hydrogen) atoms. The highest BCUT2D eigenvalue weighted by Gasteiger charge is 2.11. The van der Waals surface area contributed by atoms with Crippen molar-refractivity contribution in [1.82, 2.24) is 4.90 Å². The molecule has 68 valence electrons. The molecule has 0 saturated carbocycles. The van der Waals surface area contributed by atoms with Gasteiger partial charge in [-0.3, -0.25) is 0 Å². The van der Waals surface area contributed by atoms with Gasteiger partial charge in [0.1, 0.15) is 5.76 Å². The molecule has 0 aliphatic carbocycles. The van der Waals surface area contributed by atoms with Gasteiger partial charge in [-0.05, 0) is 12.1 Å². The zero-order valence-corrected chi connectivity index (χ0v) is 7.53. The van der Waals surface area contributed by atoms with Crippen molar-refractivity contribution in [3.63, 3.8) is 0 Å². The lowest BCUT2D eigenvalue weighted by molar-refractivity contribution is 0.207. The van der Waals surface area contributed by atoms with E-state index in [-0.39, 0.29) is 0 Å². The molecule has 1 aliphatic rings. The van der Waals surface area contributed by atoms with Gasteiger partial charge in [0.2, 0.25) is 0 Å². The first-order valence-corrected chi connectivity index (χ1v) is 4.16. The number of nitrogens with two attached hydrogens (primary N) is 1. The molecule has 0 atom stereocenters. The Bertz CT molecular complexity index is 347. The molecule has 0 spiro atoms. The topological polar surface area (TPSA) is 38.5 Å². The van der Waals surface area contributed by atoms with Crippen LogP contribution in [0.1, 0.15) is 5.56 Å². The number of hydrogen-bond donors (Lipinski definition) is 1. The van der Waals surface area contributed by atoms with Gasteiger partial charge in [-0.1, -0.05) is 12.1 Å². The average Bonchev–Trinajstić information content (AvgIpc) is 2.52. The summed E-state index contributed by atoms with van der Waals surface area (Å²) in [5.41, 5.74) is 7.46. The van der Waals surface area contributed by atoms with Crippen LogP contribution < -0.4 is 5.73 Å². The monoisotopic (exact) mass is 176 g/mol. The van der Waals surface area contributed by atoms with Gasteiger partial charge < -0.3 is 15.4 Å². The Balaban J connectivity index is 2.31. The fourth-order valence-corrected chi connectivity index (χ4v) is 1.30. The van der Waals surface area contributed by atoms with Crippen LogP contribution in [0.3, 0.4) is 0 Å². The van der Waals surface area contributed by atoms with E-state index in [1.54, 1.807) is 0 Å². The maximum Gasteiger partial charge on any atom is 0.161 e. The first kappa shape index (κ1) is 7.98. The molecule has 2 N–H and O–H groups in total. The summed E-state index contributed by atoms with van der Waals surface area (Å²) >= 11 is 0. The van der Waals surface area contributed by atoms with Gasteiger partial charge in [-0.2, -0.15) is 0 Å². The quantitative estimate of drug-likeness (QED) is 0.659. The number of nitrogens with zero attached hydrogens (tertiary/aromatic N) is 1. The van der Waals surface area contributed by atoms with E-state index in [0.29, 0.717) is 6.73 Å². The molecule has 1 aliphatic heterocycles. The lowest BCUT2D eigenvalue weighted by atomic mass is 10.2. The largest absolute Gasteiger partial charge is 0.471 e.